The molecule has 144 valence electrons. The van der Waals surface area contributed by atoms with E-state index < -0.39 is 18.0 Å². The highest BCUT2D eigenvalue weighted by atomic mass is 16.5. The Morgan fingerprint density at radius 3 is 2.39 bits per heavy atom. The normalized spacial score (nSPS) is 11.5. The fourth-order valence-corrected chi connectivity index (χ4v) is 2.79. The van der Waals surface area contributed by atoms with Crippen LogP contribution in [-0.4, -0.2) is 23.1 Å². The van der Waals surface area contributed by atoms with E-state index >= 15 is 0 Å². The van der Waals surface area contributed by atoms with Gasteiger partial charge in [0.05, 0.1) is 12.3 Å². The van der Waals surface area contributed by atoms with Crippen LogP contribution in [0.15, 0.2) is 72.9 Å². The molecule has 1 amide bonds. The molecule has 0 spiro atoms. The van der Waals surface area contributed by atoms with E-state index in [1.165, 1.54) is 0 Å². The molecule has 0 aliphatic heterocycles. The van der Waals surface area contributed by atoms with Crippen LogP contribution in [-0.2, 0) is 16.6 Å². The Morgan fingerprint density at radius 1 is 1.00 bits per heavy atom. The van der Waals surface area contributed by atoms with E-state index in [1.807, 2.05) is 19.1 Å². The van der Waals surface area contributed by atoms with Crippen molar-refractivity contribution in [1.29, 1.82) is 0 Å². The van der Waals surface area contributed by atoms with Crippen LogP contribution in [0.1, 0.15) is 29.1 Å². The Labute approximate surface area is 163 Å². The average Bonchev–Trinajstić information content (AvgIpc) is 3.14. The Hall–Kier alpha value is -3.54. The van der Waals surface area contributed by atoms with Crippen LogP contribution in [0.5, 0.6) is 5.75 Å². The number of aromatic nitrogens is 1. The average molecular weight is 378 g/mol. The lowest BCUT2D eigenvalue weighted by atomic mass is 10.1. The maximum absolute atomic E-state index is 13.0. The number of aryl methyl sites for hydroxylation is 1. The molecule has 6 heteroatoms. The van der Waals surface area contributed by atoms with Crippen molar-refractivity contribution in [2.75, 3.05) is 11.9 Å². The molecule has 1 N–H and O–H groups in total. The molecule has 1 heterocycles. The van der Waals surface area contributed by atoms with E-state index in [0.717, 1.165) is 0 Å². The lowest BCUT2D eigenvalue weighted by Crippen LogP contribution is -2.26. The van der Waals surface area contributed by atoms with Crippen molar-refractivity contribution < 1.29 is 19.1 Å². The SMILES string of the molecule is CCOc1ccccc1NC(=O)[C@H](OC(=O)c1cccn1C)c1ccccc1. The van der Waals surface area contributed by atoms with Gasteiger partial charge in [-0.3, -0.25) is 4.79 Å². The largest absolute Gasteiger partial charge is 0.492 e. The van der Waals surface area contributed by atoms with Crippen LogP contribution in [0.3, 0.4) is 0 Å². The smallest absolute Gasteiger partial charge is 0.356 e. The van der Waals surface area contributed by atoms with Crippen LogP contribution in [0.25, 0.3) is 0 Å². The van der Waals surface area contributed by atoms with Gasteiger partial charge in [0.15, 0.2) is 0 Å². The number of anilines is 1. The van der Waals surface area contributed by atoms with Gasteiger partial charge in [-0.25, -0.2) is 4.79 Å². The summed E-state index contributed by atoms with van der Waals surface area (Å²) < 4.78 is 12.8. The zero-order chi connectivity index (χ0) is 19.9. The number of hydrogen-bond donors (Lipinski definition) is 1. The Bertz CT molecular complexity index is 950. The van der Waals surface area contributed by atoms with Crippen LogP contribution < -0.4 is 10.1 Å². The molecular formula is C22H22N2O4. The first-order valence-corrected chi connectivity index (χ1v) is 9.00. The minimum atomic E-state index is -1.10. The quantitative estimate of drug-likeness (QED) is 0.632. The number of rotatable bonds is 7. The third kappa shape index (κ3) is 4.40. The molecule has 0 aliphatic carbocycles. The topological polar surface area (TPSA) is 69.6 Å². The number of hydrogen-bond acceptors (Lipinski definition) is 4. The molecule has 6 nitrogen and oxygen atoms in total. The summed E-state index contributed by atoms with van der Waals surface area (Å²) in [4.78, 5) is 25.6. The number of amides is 1. The van der Waals surface area contributed by atoms with Gasteiger partial charge in [-0.1, -0.05) is 42.5 Å². The van der Waals surface area contributed by atoms with E-state index in [0.29, 0.717) is 29.3 Å². The van der Waals surface area contributed by atoms with Crippen molar-refractivity contribution in [1.82, 2.24) is 4.57 Å². The van der Waals surface area contributed by atoms with Gasteiger partial charge in [0, 0.05) is 18.8 Å². The second-order valence-corrected chi connectivity index (χ2v) is 6.12. The number of esters is 1. The zero-order valence-electron chi connectivity index (χ0n) is 15.8. The van der Waals surface area contributed by atoms with Crippen LogP contribution in [0.4, 0.5) is 5.69 Å². The van der Waals surface area contributed by atoms with Crippen molar-refractivity contribution >= 4 is 17.6 Å². The second-order valence-electron chi connectivity index (χ2n) is 6.12. The highest BCUT2D eigenvalue weighted by Crippen LogP contribution is 2.27. The van der Waals surface area contributed by atoms with Crippen LogP contribution >= 0.6 is 0 Å². The summed E-state index contributed by atoms with van der Waals surface area (Å²) in [7, 11) is 1.74. The van der Waals surface area contributed by atoms with Crippen LogP contribution in [0.2, 0.25) is 0 Å². The molecule has 0 saturated carbocycles. The van der Waals surface area contributed by atoms with Gasteiger partial charge in [-0.2, -0.15) is 0 Å². The van der Waals surface area contributed by atoms with Gasteiger partial charge in [0.25, 0.3) is 5.91 Å². The van der Waals surface area contributed by atoms with E-state index in [4.69, 9.17) is 9.47 Å². The maximum atomic E-state index is 13.0. The Morgan fingerprint density at radius 2 is 1.71 bits per heavy atom. The maximum Gasteiger partial charge on any atom is 0.356 e. The summed E-state index contributed by atoms with van der Waals surface area (Å²) in [6.07, 6.45) is 0.644. The van der Waals surface area contributed by atoms with Crippen LogP contribution in [0, 0.1) is 0 Å². The van der Waals surface area contributed by atoms with E-state index in [-0.39, 0.29) is 0 Å². The molecule has 2 aromatic carbocycles. The predicted molar refractivity (Wildman–Crippen MR) is 106 cm³/mol. The Kier molecular flexibility index (Phi) is 6.11. The molecule has 3 aromatic rings. The molecule has 1 atom stereocenters. The van der Waals surface area contributed by atoms with Crippen molar-refractivity contribution in [3.63, 3.8) is 0 Å². The number of carbonyl (C=O) groups is 2. The first-order chi connectivity index (χ1) is 13.6. The second kappa shape index (κ2) is 8.90. The molecule has 0 fully saturated rings. The fourth-order valence-electron chi connectivity index (χ4n) is 2.79. The zero-order valence-corrected chi connectivity index (χ0v) is 15.8. The molecule has 0 aliphatic rings. The van der Waals surface area contributed by atoms with Crippen molar-refractivity contribution in [3.05, 3.63) is 84.2 Å². The summed E-state index contributed by atoms with van der Waals surface area (Å²) >= 11 is 0. The fraction of sp³-hybridized carbons (Fsp3) is 0.182. The molecule has 0 saturated heterocycles. The van der Waals surface area contributed by atoms with E-state index in [1.54, 1.807) is 72.4 Å². The van der Waals surface area contributed by atoms with E-state index in [2.05, 4.69) is 5.32 Å². The Balaban J connectivity index is 1.86. The molecular weight excluding hydrogens is 356 g/mol. The van der Waals surface area contributed by atoms with Crippen molar-refractivity contribution in [3.8, 4) is 5.75 Å². The molecule has 28 heavy (non-hydrogen) atoms. The number of benzene rings is 2. The standard InChI is InChI=1S/C22H22N2O4/c1-3-27-19-14-8-7-12-17(19)23-21(25)20(16-10-5-4-6-11-16)28-22(26)18-13-9-15-24(18)2/h4-15,20H,3H2,1-2H3,(H,23,25)/t20-/m1/s1. The predicted octanol–water partition coefficient (Wildman–Crippen LogP) is 3.96. The lowest BCUT2D eigenvalue weighted by molar-refractivity contribution is -0.125. The highest BCUT2D eigenvalue weighted by molar-refractivity contribution is 5.98. The number of carbonyl (C=O) groups excluding carboxylic acids is 2. The number of ether oxygens (including phenoxy) is 2. The van der Waals surface area contributed by atoms with Gasteiger partial charge in [0.1, 0.15) is 11.4 Å². The summed E-state index contributed by atoms with van der Waals surface area (Å²) in [6, 6.07) is 19.4. The van der Waals surface area contributed by atoms with Gasteiger partial charge >= 0.3 is 5.97 Å². The molecule has 1 aromatic heterocycles. The first kappa shape index (κ1) is 19.2. The minimum absolute atomic E-state index is 0.364. The number of nitrogens with zero attached hydrogens (tertiary/aromatic N) is 1. The van der Waals surface area contributed by atoms with E-state index in [9.17, 15) is 9.59 Å². The third-order valence-corrected chi connectivity index (χ3v) is 4.16. The number of nitrogens with one attached hydrogen (secondary N) is 1. The number of para-hydroxylation sites is 2. The van der Waals surface area contributed by atoms with Gasteiger partial charge in [-0.15, -0.1) is 0 Å². The third-order valence-electron chi connectivity index (χ3n) is 4.16. The van der Waals surface area contributed by atoms with Gasteiger partial charge in [-0.05, 0) is 31.2 Å². The van der Waals surface area contributed by atoms with Gasteiger partial charge in [0.2, 0.25) is 6.10 Å². The van der Waals surface area contributed by atoms with Gasteiger partial charge < -0.3 is 19.4 Å². The first-order valence-electron chi connectivity index (χ1n) is 9.00. The summed E-state index contributed by atoms with van der Waals surface area (Å²) in [5, 5.41) is 2.81. The minimum Gasteiger partial charge on any atom is -0.492 e. The summed E-state index contributed by atoms with van der Waals surface area (Å²) in [5.74, 6) is -0.477. The van der Waals surface area contributed by atoms with Crippen molar-refractivity contribution in [2.24, 2.45) is 7.05 Å². The monoisotopic (exact) mass is 378 g/mol. The highest BCUT2D eigenvalue weighted by Gasteiger charge is 2.27. The molecule has 0 unspecified atom stereocenters. The lowest BCUT2D eigenvalue weighted by Gasteiger charge is -2.19. The summed E-state index contributed by atoms with van der Waals surface area (Å²) in [6.45, 7) is 2.34. The molecule has 3 rings (SSSR count). The summed E-state index contributed by atoms with van der Waals surface area (Å²) in [5.41, 5.74) is 1.46. The molecule has 0 radical (unpaired) electrons. The molecule has 0 bridgehead atoms. The van der Waals surface area contributed by atoms with Crippen molar-refractivity contribution in [2.45, 2.75) is 13.0 Å².